The van der Waals surface area contributed by atoms with Gasteiger partial charge in [-0.25, -0.2) is 0 Å². The molecular weight excluding hydrogens is 308 g/mol. The van der Waals surface area contributed by atoms with Gasteiger partial charge in [-0.3, -0.25) is 9.59 Å². The van der Waals surface area contributed by atoms with Crippen molar-refractivity contribution in [1.29, 1.82) is 0 Å². The van der Waals surface area contributed by atoms with Gasteiger partial charge >= 0.3 is 0 Å². The molecule has 1 aromatic carbocycles. The SMILES string of the molecule is COc1cc(O)c2c(c1)C(=O)C1=C(CC(Cl)C(C)(C)O1)C2=O. The van der Waals surface area contributed by atoms with E-state index in [0.29, 0.717) is 5.75 Å². The van der Waals surface area contributed by atoms with Gasteiger partial charge in [-0.2, -0.15) is 0 Å². The molecule has 3 rings (SSSR count). The highest BCUT2D eigenvalue weighted by molar-refractivity contribution is 6.29. The number of carbonyl (C=O) groups excluding carboxylic acids is 2. The van der Waals surface area contributed by atoms with Crippen molar-refractivity contribution >= 4 is 23.2 Å². The minimum absolute atomic E-state index is 0.0169. The van der Waals surface area contributed by atoms with E-state index in [1.54, 1.807) is 13.8 Å². The molecule has 0 aromatic heterocycles. The fourth-order valence-electron chi connectivity index (χ4n) is 2.70. The third-order valence-electron chi connectivity index (χ3n) is 4.06. The molecule has 0 radical (unpaired) electrons. The number of hydrogen-bond acceptors (Lipinski definition) is 5. The number of methoxy groups -OCH3 is 1. The molecule has 22 heavy (non-hydrogen) atoms. The number of hydrogen-bond donors (Lipinski definition) is 1. The Kier molecular flexibility index (Phi) is 3.22. The third kappa shape index (κ3) is 2.00. The van der Waals surface area contributed by atoms with Crippen LogP contribution < -0.4 is 4.74 Å². The van der Waals surface area contributed by atoms with E-state index in [1.165, 1.54) is 19.2 Å². The molecule has 6 heteroatoms. The lowest BCUT2D eigenvalue weighted by atomic mass is 9.81. The molecule has 0 fully saturated rings. The Hall–Kier alpha value is -2.01. The molecule has 1 aromatic rings. The zero-order chi connectivity index (χ0) is 16.2. The molecular formula is C16H15ClO5. The van der Waals surface area contributed by atoms with E-state index in [9.17, 15) is 14.7 Å². The van der Waals surface area contributed by atoms with Crippen LogP contribution in [0, 0.1) is 0 Å². The number of fused-ring (bicyclic) bond motifs is 1. The Morgan fingerprint density at radius 1 is 1.32 bits per heavy atom. The number of ether oxygens (including phenoxy) is 2. The van der Waals surface area contributed by atoms with Crippen LogP contribution in [-0.2, 0) is 4.74 Å². The molecule has 0 saturated heterocycles. The number of carbonyl (C=O) groups is 2. The number of rotatable bonds is 1. The van der Waals surface area contributed by atoms with E-state index in [2.05, 4.69) is 0 Å². The van der Waals surface area contributed by atoms with Gasteiger partial charge in [-0.15, -0.1) is 11.6 Å². The number of Topliss-reactive ketones (excluding diaryl/α,β-unsaturated/α-hetero) is 2. The number of aromatic hydroxyl groups is 1. The predicted octanol–water partition coefficient (Wildman–Crippen LogP) is 2.84. The van der Waals surface area contributed by atoms with Crippen molar-refractivity contribution in [3.63, 3.8) is 0 Å². The Bertz CT molecular complexity index is 732. The minimum Gasteiger partial charge on any atom is -0.507 e. The molecule has 116 valence electrons. The van der Waals surface area contributed by atoms with Crippen molar-refractivity contribution in [2.75, 3.05) is 7.11 Å². The van der Waals surface area contributed by atoms with Crippen molar-refractivity contribution in [3.05, 3.63) is 34.6 Å². The van der Waals surface area contributed by atoms with Crippen LogP contribution in [0.3, 0.4) is 0 Å². The monoisotopic (exact) mass is 322 g/mol. The topological polar surface area (TPSA) is 72.8 Å². The quantitative estimate of drug-likeness (QED) is 0.805. The van der Waals surface area contributed by atoms with Crippen LogP contribution in [0.4, 0.5) is 0 Å². The van der Waals surface area contributed by atoms with Crippen molar-refractivity contribution in [2.45, 2.75) is 31.2 Å². The fourth-order valence-corrected chi connectivity index (χ4v) is 2.89. The van der Waals surface area contributed by atoms with Gasteiger partial charge in [0.05, 0.1) is 18.1 Å². The summed E-state index contributed by atoms with van der Waals surface area (Å²) in [5, 5.41) is 9.63. The Morgan fingerprint density at radius 2 is 2.00 bits per heavy atom. The average Bonchev–Trinajstić information content (AvgIpc) is 2.46. The number of phenolic OH excluding ortho intramolecular Hbond substituents is 1. The number of halogens is 1. The summed E-state index contributed by atoms with van der Waals surface area (Å²) < 4.78 is 10.7. The zero-order valence-corrected chi connectivity index (χ0v) is 13.2. The van der Waals surface area contributed by atoms with E-state index in [0.717, 1.165) is 0 Å². The number of benzene rings is 1. The molecule has 0 amide bonds. The van der Waals surface area contributed by atoms with Crippen molar-refractivity contribution < 1.29 is 24.2 Å². The summed E-state index contributed by atoms with van der Waals surface area (Å²) in [4.78, 5) is 25.3. The van der Waals surface area contributed by atoms with Gasteiger partial charge in [0.25, 0.3) is 0 Å². The van der Waals surface area contributed by atoms with E-state index in [4.69, 9.17) is 21.1 Å². The fraction of sp³-hybridized carbons (Fsp3) is 0.375. The molecule has 1 N–H and O–H groups in total. The molecule has 0 bridgehead atoms. The van der Waals surface area contributed by atoms with Crippen LogP contribution in [0.25, 0.3) is 0 Å². The summed E-state index contributed by atoms with van der Waals surface area (Å²) in [6.45, 7) is 3.54. The van der Waals surface area contributed by atoms with Crippen molar-refractivity contribution in [3.8, 4) is 11.5 Å². The van der Waals surface area contributed by atoms with Crippen LogP contribution in [-0.4, -0.2) is 34.8 Å². The van der Waals surface area contributed by atoms with E-state index in [-0.39, 0.29) is 34.6 Å². The van der Waals surface area contributed by atoms with Crippen LogP contribution >= 0.6 is 11.6 Å². The summed E-state index contributed by atoms with van der Waals surface area (Å²) >= 11 is 6.25. The highest BCUT2D eigenvalue weighted by Crippen LogP contribution is 2.43. The smallest absolute Gasteiger partial charge is 0.229 e. The largest absolute Gasteiger partial charge is 0.507 e. The number of alkyl halides is 1. The maximum atomic E-state index is 12.7. The maximum absolute atomic E-state index is 12.7. The lowest BCUT2D eigenvalue weighted by molar-refractivity contribution is 0.0133. The Labute approximate surface area is 132 Å². The van der Waals surface area contributed by atoms with Gasteiger partial charge in [0.15, 0.2) is 11.5 Å². The summed E-state index contributed by atoms with van der Waals surface area (Å²) in [5.41, 5.74) is -0.465. The summed E-state index contributed by atoms with van der Waals surface area (Å²) in [6.07, 6.45) is 0.222. The van der Waals surface area contributed by atoms with E-state index in [1.807, 2.05) is 0 Å². The second-order valence-corrected chi connectivity index (χ2v) is 6.44. The lowest BCUT2D eigenvalue weighted by Gasteiger charge is -2.38. The molecule has 2 aliphatic rings. The molecule has 1 heterocycles. The first-order valence-electron chi connectivity index (χ1n) is 6.83. The number of phenols is 1. The summed E-state index contributed by atoms with van der Waals surface area (Å²) in [6, 6.07) is 2.74. The first-order valence-corrected chi connectivity index (χ1v) is 7.26. The molecule has 0 spiro atoms. The molecule has 1 atom stereocenters. The van der Waals surface area contributed by atoms with Gasteiger partial charge in [-0.1, -0.05) is 0 Å². The summed E-state index contributed by atoms with van der Waals surface area (Å²) in [7, 11) is 1.42. The number of allylic oxidation sites excluding steroid dienone is 2. The first kappa shape index (κ1) is 14.9. The first-order chi connectivity index (χ1) is 10.3. The second-order valence-electron chi connectivity index (χ2n) is 5.91. The van der Waals surface area contributed by atoms with Gasteiger partial charge in [0.2, 0.25) is 5.78 Å². The zero-order valence-electron chi connectivity index (χ0n) is 12.4. The molecule has 1 aliphatic carbocycles. The van der Waals surface area contributed by atoms with E-state index < -0.39 is 22.5 Å². The normalized spacial score (nSPS) is 22.8. The second kappa shape index (κ2) is 4.74. The minimum atomic E-state index is -0.755. The summed E-state index contributed by atoms with van der Waals surface area (Å²) in [5.74, 6) is -0.824. The third-order valence-corrected chi connectivity index (χ3v) is 4.74. The molecule has 0 saturated carbocycles. The van der Waals surface area contributed by atoms with Gasteiger partial charge in [-0.05, 0) is 19.9 Å². The lowest BCUT2D eigenvalue weighted by Crippen LogP contribution is -2.43. The highest BCUT2D eigenvalue weighted by atomic mass is 35.5. The maximum Gasteiger partial charge on any atom is 0.229 e. The van der Waals surface area contributed by atoms with Crippen LogP contribution in [0.5, 0.6) is 11.5 Å². The Balaban J connectivity index is 2.19. The van der Waals surface area contributed by atoms with Gasteiger partial charge in [0, 0.05) is 23.6 Å². The Morgan fingerprint density at radius 3 is 2.64 bits per heavy atom. The van der Waals surface area contributed by atoms with Crippen molar-refractivity contribution in [1.82, 2.24) is 0 Å². The predicted molar refractivity (Wildman–Crippen MR) is 79.8 cm³/mol. The van der Waals surface area contributed by atoms with Crippen LogP contribution in [0.2, 0.25) is 0 Å². The van der Waals surface area contributed by atoms with Gasteiger partial charge in [0.1, 0.15) is 17.1 Å². The van der Waals surface area contributed by atoms with Crippen molar-refractivity contribution in [2.24, 2.45) is 0 Å². The molecule has 1 unspecified atom stereocenters. The van der Waals surface area contributed by atoms with Gasteiger partial charge < -0.3 is 14.6 Å². The number of ketones is 2. The average molecular weight is 323 g/mol. The highest BCUT2D eigenvalue weighted by Gasteiger charge is 2.45. The van der Waals surface area contributed by atoms with Crippen LogP contribution in [0.1, 0.15) is 41.0 Å². The molecule has 5 nitrogen and oxygen atoms in total. The van der Waals surface area contributed by atoms with Crippen LogP contribution in [0.15, 0.2) is 23.5 Å². The van der Waals surface area contributed by atoms with E-state index >= 15 is 0 Å². The molecule has 1 aliphatic heterocycles. The standard InChI is InChI=1S/C16H15ClO5/c1-16(2)11(17)6-9-13(19)12-8(14(20)15(9)22-16)4-7(21-3)5-10(12)18/h4-5,11,18H,6H2,1-3H3.